The van der Waals surface area contributed by atoms with Crippen LogP contribution in [0.1, 0.15) is 37.8 Å². The predicted octanol–water partition coefficient (Wildman–Crippen LogP) is 2.37. The summed E-state index contributed by atoms with van der Waals surface area (Å²) in [5.41, 5.74) is 2.31. The van der Waals surface area contributed by atoms with Crippen LogP contribution in [0.2, 0.25) is 0 Å². The third-order valence-corrected chi connectivity index (χ3v) is 2.72. The summed E-state index contributed by atoms with van der Waals surface area (Å²) in [7, 11) is 0. The van der Waals surface area contributed by atoms with Gasteiger partial charge in [0.15, 0.2) is 0 Å². The van der Waals surface area contributed by atoms with Gasteiger partial charge in [-0.2, -0.15) is 0 Å². The van der Waals surface area contributed by atoms with Crippen molar-refractivity contribution in [3.8, 4) is 0 Å². The van der Waals surface area contributed by atoms with Gasteiger partial charge in [0, 0.05) is 13.0 Å². The van der Waals surface area contributed by atoms with Gasteiger partial charge in [0.05, 0.1) is 6.42 Å². The minimum Gasteiger partial charge on any atom is -0.481 e. The average Bonchev–Trinajstić information content (AvgIpc) is 2.35. The zero-order valence-corrected chi connectivity index (χ0v) is 11.5. The van der Waals surface area contributed by atoms with Crippen molar-refractivity contribution in [2.24, 2.45) is 5.92 Å². The van der Waals surface area contributed by atoms with Crippen LogP contribution in [0.15, 0.2) is 24.3 Å². The second-order valence-electron chi connectivity index (χ2n) is 5.08. The Bertz CT molecular complexity index is 424. The van der Waals surface area contributed by atoms with Gasteiger partial charge < -0.3 is 10.4 Å². The van der Waals surface area contributed by atoms with E-state index >= 15 is 0 Å². The van der Waals surface area contributed by atoms with Gasteiger partial charge in [0.2, 0.25) is 5.91 Å². The second-order valence-corrected chi connectivity index (χ2v) is 5.08. The van der Waals surface area contributed by atoms with Crippen LogP contribution in [0.3, 0.4) is 0 Å². The maximum atomic E-state index is 11.4. The van der Waals surface area contributed by atoms with Crippen LogP contribution < -0.4 is 5.32 Å². The van der Waals surface area contributed by atoms with Crippen LogP contribution in [0.25, 0.3) is 0 Å². The van der Waals surface area contributed by atoms with E-state index in [-0.39, 0.29) is 18.7 Å². The summed E-state index contributed by atoms with van der Waals surface area (Å²) in [5.74, 6) is -0.552. The summed E-state index contributed by atoms with van der Waals surface area (Å²) < 4.78 is 0. The van der Waals surface area contributed by atoms with Gasteiger partial charge in [-0.25, -0.2) is 0 Å². The number of hydrogen-bond acceptors (Lipinski definition) is 2. The lowest BCUT2D eigenvalue weighted by Crippen LogP contribution is -2.23. The molecule has 0 saturated carbocycles. The number of carbonyl (C=O) groups is 2. The Kier molecular flexibility index (Phi) is 6.06. The first-order chi connectivity index (χ1) is 8.97. The van der Waals surface area contributed by atoms with Crippen LogP contribution in [-0.4, -0.2) is 17.0 Å². The molecule has 0 unspecified atom stereocenters. The maximum absolute atomic E-state index is 11.4. The molecule has 1 aromatic rings. The third kappa shape index (κ3) is 6.60. The van der Waals surface area contributed by atoms with E-state index < -0.39 is 5.97 Å². The summed E-state index contributed by atoms with van der Waals surface area (Å²) >= 11 is 0. The van der Waals surface area contributed by atoms with Crippen LogP contribution in [-0.2, 0) is 22.6 Å². The van der Waals surface area contributed by atoms with Crippen molar-refractivity contribution in [2.45, 2.75) is 39.7 Å². The average molecular weight is 263 g/mol. The molecule has 0 aliphatic rings. The van der Waals surface area contributed by atoms with Crippen molar-refractivity contribution < 1.29 is 14.7 Å². The van der Waals surface area contributed by atoms with E-state index in [1.807, 2.05) is 12.1 Å². The van der Waals surface area contributed by atoms with E-state index in [9.17, 15) is 9.59 Å². The van der Waals surface area contributed by atoms with Gasteiger partial charge in [-0.1, -0.05) is 38.1 Å². The molecule has 0 atom stereocenters. The standard InChI is InChI=1S/C15H21NO3/c1-11(2)9-12-3-5-13(6-4-12)10-16-14(17)7-8-15(18)19/h3-6,11H,7-10H2,1-2H3,(H,16,17)(H,18,19). The van der Waals surface area contributed by atoms with Crippen LogP contribution >= 0.6 is 0 Å². The summed E-state index contributed by atoms with van der Waals surface area (Å²) in [6.07, 6.45) is 0.950. The molecule has 19 heavy (non-hydrogen) atoms. The monoisotopic (exact) mass is 263 g/mol. The Morgan fingerprint density at radius 3 is 2.21 bits per heavy atom. The fraction of sp³-hybridized carbons (Fsp3) is 0.467. The van der Waals surface area contributed by atoms with Gasteiger partial charge in [-0.05, 0) is 23.5 Å². The number of carboxylic acids is 1. The number of carbonyl (C=O) groups excluding carboxylic acids is 1. The van der Waals surface area contributed by atoms with Gasteiger partial charge in [-0.15, -0.1) is 0 Å². The molecule has 0 fully saturated rings. The molecule has 0 aliphatic carbocycles. The number of aliphatic carboxylic acids is 1. The minimum absolute atomic E-state index is 0.0285. The Hall–Kier alpha value is -1.84. The Balaban J connectivity index is 2.37. The second kappa shape index (κ2) is 7.56. The first-order valence-electron chi connectivity index (χ1n) is 6.53. The highest BCUT2D eigenvalue weighted by Crippen LogP contribution is 2.09. The van der Waals surface area contributed by atoms with Crippen molar-refractivity contribution >= 4 is 11.9 Å². The quantitative estimate of drug-likeness (QED) is 0.793. The first-order valence-corrected chi connectivity index (χ1v) is 6.53. The molecule has 4 heteroatoms. The normalized spacial score (nSPS) is 10.5. The third-order valence-electron chi connectivity index (χ3n) is 2.72. The Morgan fingerprint density at radius 1 is 1.11 bits per heavy atom. The van der Waals surface area contributed by atoms with E-state index in [1.54, 1.807) is 0 Å². The molecule has 4 nitrogen and oxygen atoms in total. The number of benzene rings is 1. The number of hydrogen-bond donors (Lipinski definition) is 2. The van der Waals surface area contributed by atoms with E-state index in [2.05, 4.69) is 31.3 Å². The molecule has 0 spiro atoms. The van der Waals surface area contributed by atoms with Crippen molar-refractivity contribution in [3.05, 3.63) is 35.4 Å². The Morgan fingerprint density at radius 2 is 1.68 bits per heavy atom. The topological polar surface area (TPSA) is 66.4 Å². The lowest BCUT2D eigenvalue weighted by atomic mass is 10.0. The van der Waals surface area contributed by atoms with Gasteiger partial charge >= 0.3 is 5.97 Å². The zero-order valence-electron chi connectivity index (χ0n) is 11.5. The fourth-order valence-corrected chi connectivity index (χ4v) is 1.77. The number of amides is 1. The first kappa shape index (κ1) is 15.2. The Labute approximate surface area is 113 Å². The van der Waals surface area contributed by atoms with Crippen molar-refractivity contribution in [1.29, 1.82) is 0 Å². The largest absolute Gasteiger partial charge is 0.481 e. The molecular formula is C15H21NO3. The molecule has 0 aliphatic heterocycles. The molecule has 2 N–H and O–H groups in total. The fourth-order valence-electron chi connectivity index (χ4n) is 1.77. The van der Waals surface area contributed by atoms with Crippen molar-refractivity contribution in [1.82, 2.24) is 5.32 Å². The summed E-state index contributed by atoms with van der Waals surface area (Å²) in [6.45, 7) is 4.80. The van der Waals surface area contributed by atoms with Crippen molar-refractivity contribution in [3.63, 3.8) is 0 Å². The van der Waals surface area contributed by atoms with Crippen LogP contribution in [0.4, 0.5) is 0 Å². The van der Waals surface area contributed by atoms with E-state index in [1.165, 1.54) is 5.56 Å². The molecule has 1 rings (SSSR count). The van der Waals surface area contributed by atoms with Gasteiger partial charge in [0.1, 0.15) is 0 Å². The molecule has 0 aromatic heterocycles. The maximum Gasteiger partial charge on any atom is 0.303 e. The number of rotatable bonds is 7. The molecule has 0 heterocycles. The molecule has 1 amide bonds. The van der Waals surface area contributed by atoms with E-state index in [4.69, 9.17) is 5.11 Å². The molecule has 0 saturated heterocycles. The number of nitrogens with one attached hydrogen (secondary N) is 1. The summed E-state index contributed by atoms with van der Waals surface area (Å²) in [4.78, 5) is 21.7. The number of carboxylic acid groups (broad SMARTS) is 1. The van der Waals surface area contributed by atoms with Gasteiger partial charge in [-0.3, -0.25) is 9.59 Å². The lowest BCUT2D eigenvalue weighted by molar-refractivity contribution is -0.138. The van der Waals surface area contributed by atoms with Gasteiger partial charge in [0.25, 0.3) is 0 Å². The smallest absolute Gasteiger partial charge is 0.303 e. The van der Waals surface area contributed by atoms with E-state index in [0.717, 1.165) is 12.0 Å². The van der Waals surface area contributed by atoms with E-state index in [0.29, 0.717) is 12.5 Å². The van der Waals surface area contributed by atoms with Crippen LogP contribution in [0.5, 0.6) is 0 Å². The molecule has 0 radical (unpaired) electrons. The summed E-state index contributed by atoms with van der Waals surface area (Å²) in [6, 6.07) is 8.13. The molecule has 1 aromatic carbocycles. The molecule has 104 valence electrons. The summed E-state index contributed by atoms with van der Waals surface area (Å²) in [5, 5.41) is 11.2. The minimum atomic E-state index is -0.951. The highest BCUT2D eigenvalue weighted by Gasteiger charge is 2.05. The SMILES string of the molecule is CC(C)Cc1ccc(CNC(=O)CCC(=O)O)cc1. The predicted molar refractivity (Wildman–Crippen MR) is 73.7 cm³/mol. The molecular weight excluding hydrogens is 242 g/mol. The zero-order chi connectivity index (χ0) is 14.3. The van der Waals surface area contributed by atoms with Crippen LogP contribution in [0, 0.1) is 5.92 Å². The van der Waals surface area contributed by atoms with Crippen molar-refractivity contribution in [2.75, 3.05) is 0 Å². The highest BCUT2D eigenvalue weighted by atomic mass is 16.4. The lowest BCUT2D eigenvalue weighted by Gasteiger charge is -2.07. The molecule has 0 bridgehead atoms. The highest BCUT2D eigenvalue weighted by molar-refractivity contribution is 5.80.